The lowest BCUT2D eigenvalue weighted by Gasteiger charge is -2.41. The van der Waals surface area contributed by atoms with E-state index < -0.39 is 5.60 Å². The van der Waals surface area contributed by atoms with Crippen LogP contribution in [0.1, 0.15) is 30.9 Å². The molecule has 16 heavy (non-hydrogen) atoms. The Morgan fingerprint density at radius 3 is 2.50 bits per heavy atom. The van der Waals surface area contributed by atoms with Crippen molar-refractivity contribution in [1.29, 1.82) is 0 Å². The van der Waals surface area contributed by atoms with Gasteiger partial charge >= 0.3 is 0 Å². The van der Waals surface area contributed by atoms with E-state index in [1.807, 2.05) is 20.8 Å². The van der Waals surface area contributed by atoms with E-state index in [-0.39, 0.29) is 6.04 Å². The van der Waals surface area contributed by atoms with Crippen molar-refractivity contribution >= 4 is 17.4 Å². The summed E-state index contributed by atoms with van der Waals surface area (Å²) >= 11 is 5.87. The largest absolute Gasteiger partial charge is 0.390 e. The van der Waals surface area contributed by atoms with Gasteiger partial charge in [-0.15, -0.1) is 10.2 Å². The smallest absolute Gasteiger partial charge is 0.155 e. The second-order valence-electron chi connectivity index (χ2n) is 4.84. The number of aliphatic hydroxyl groups is 1. The number of nitrogens with one attached hydrogen (secondary N) is 1. The number of hydrogen-bond donors (Lipinski definition) is 2. The molecule has 0 spiro atoms. The summed E-state index contributed by atoms with van der Waals surface area (Å²) < 4.78 is 0. The van der Waals surface area contributed by atoms with E-state index in [0.717, 1.165) is 29.8 Å². The summed E-state index contributed by atoms with van der Waals surface area (Å²) in [5.74, 6) is 0.766. The molecule has 0 bridgehead atoms. The molecule has 1 heterocycles. The van der Waals surface area contributed by atoms with Crippen molar-refractivity contribution in [2.45, 2.75) is 45.3 Å². The number of anilines is 1. The maximum atomic E-state index is 9.63. The van der Waals surface area contributed by atoms with Crippen LogP contribution in [0.2, 0.25) is 5.15 Å². The highest BCUT2D eigenvalue weighted by molar-refractivity contribution is 6.30. The molecule has 1 fully saturated rings. The highest BCUT2D eigenvalue weighted by atomic mass is 35.5. The van der Waals surface area contributed by atoms with Crippen LogP contribution in [0, 0.1) is 13.8 Å². The summed E-state index contributed by atoms with van der Waals surface area (Å²) in [5.41, 5.74) is 1.44. The second-order valence-corrected chi connectivity index (χ2v) is 5.19. The first-order valence-corrected chi connectivity index (χ1v) is 5.75. The minimum absolute atomic E-state index is 0.281. The SMILES string of the molecule is Cc1c(Cl)nnc(N[C@H]2C[C@@](C)(O)C2)c1C. The fourth-order valence-corrected chi connectivity index (χ4v) is 2.19. The molecule has 1 aliphatic rings. The zero-order valence-corrected chi connectivity index (χ0v) is 10.5. The summed E-state index contributed by atoms with van der Waals surface area (Å²) in [7, 11) is 0. The zero-order chi connectivity index (χ0) is 11.9. The van der Waals surface area contributed by atoms with Crippen molar-refractivity contribution in [3.8, 4) is 0 Å². The van der Waals surface area contributed by atoms with Gasteiger partial charge in [-0.3, -0.25) is 0 Å². The van der Waals surface area contributed by atoms with Crippen LogP contribution < -0.4 is 5.32 Å². The van der Waals surface area contributed by atoms with Crippen LogP contribution in [0.3, 0.4) is 0 Å². The molecule has 0 aromatic carbocycles. The lowest BCUT2D eigenvalue weighted by molar-refractivity contribution is -0.0235. The molecule has 0 unspecified atom stereocenters. The molecule has 0 aliphatic heterocycles. The summed E-state index contributed by atoms with van der Waals surface area (Å²) in [5, 5.41) is 21.3. The molecule has 1 aliphatic carbocycles. The molecule has 0 saturated heterocycles. The molecule has 0 atom stereocenters. The maximum absolute atomic E-state index is 9.63. The van der Waals surface area contributed by atoms with Crippen molar-refractivity contribution in [3.63, 3.8) is 0 Å². The van der Waals surface area contributed by atoms with E-state index in [4.69, 9.17) is 11.6 Å². The lowest BCUT2D eigenvalue weighted by Crippen LogP contribution is -2.48. The molecule has 5 heteroatoms. The average molecular weight is 242 g/mol. The average Bonchev–Trinajstić information content (AvgIpc) is 2.16. The van der Waals surface area contributed by atoms with Crippen LogP contribution in [0.4, 0.5) is 5.82 Å². The number of hydrogen-bond acceptors (Lipinski definition) is 4. The highest BCUT2D eigenvalue weighted by Gasteiger charge is 2.38. The van der Waals surface area contributed by atoms with Crippen LogP contribution in [0.25, 0.3) is 0 Å². The molecule has 0 radical (unpaired) electrons. The van der Waals surface area contributed by atoms with Crippen molar-refractivity contribution in [2.24, 2.45) is 0 Å². The first-order valence-electron chi connectivity index (χ1n) is 5.37. The Kier molecular flexibility index (Phi) is 2.80. The first kappa shape index (κ1) is 11.6. The van der Waals surface area contributed by atoms with Crippen LogP contribution in [-0.4, -0.2) is 26.9 Å². The maximum Gasteiger partial charge on any atom is 0.155 e. The third-order valence-corrected chi connectivity index (χ3v) is 3.54. The first-order chi connectivity index (χ1) is 7.39. The second kappa shape index (κ2) is 3.86. The molecule has 4 nitrogen and oxygen atoms in total. The van der Waals surface area contributed by atoms with Gasteiger partial charge in [0.2, 0.25) is 0 Å². The Morgan fingerprint density at radius 2 is 1.94 bits per heavy atom. The quantitative estimate of drug-likeness (QED) is 0.832. The normalized spacial score (nSPS) is 28.7. The molecule has 2 N–H and O–H groups in total. The fourth-order valence-electron chi connectivity index (χ4n) is 2.01. The Hall–Kier alpha value is -0.870. The molecular weight excluding hydrogens is 226 g/mol. The fraction of sp³-hybridized carbons (Fsp3) is 0.636. The number of aromatic nitrogens is 2. The predicted molar refractivity (Wildman–Crippen MR) is 63.8 cm³/mol. The predicted octanol–water partition coefficient (Wildman–Crippen LogP) is 2.07. The Labute approximate surface area is 100 Å². The van der Waals surface area contributed by atoms with Gasteiger partial charge in [0, 0.05) is 6.04 Å². The Morgan fingerprint density at radius 1 is 1.31 bits per heavy atom. The standard InChI is InChI=1S/C11H16ClN3O/c1-6-7(2)10(15-14-9(6)12)13-8-4-11(3,16)5-8/h8,16H,4-5H2,1-3H3,(H,13,15)/t8-,11+. The third-order valence-electron chi connectivity index (χ3n) is 3.18. The van der Waals surface area contributed by atoms with E-state index in [9.17, 15) is 5.11 Å². The molecule has 1 aromatic rings. The third kappa shape index (κ3) is 2.13. The van der Waals surface area contributed by atoms with Crippen LogP contribution in [0.5, 0.6) is 0 Å². The molecule has 88 valence electrons. The van der Waals surface area contributed by atoms with Gasteiger partial charge in [0.25, 0.3) is 0 Å². The Bertz CT molecular complexity index is 412. The van der Waals surface area contributed by atoms with E-state index in [0.29, 0.717) is 5.15 Å². The summed E-state index contributed by atoms with van der Waals surface area (Å²) in [4.78, 5) is 0. The van der Waals surface area contributed by atoms with Gasteiger partial charge in [0.1, 0.15) is 0 Å². The van der Waals surface area contributed by atoms with E-state index in [2.05, 4.69) is 15.5 Å². The van der Waals surface area contributed by atoms with Gasteiger partial charge in [-0.05, 0) is 44.7 Å². The van der Waals surface area contributed by atoms with Crippen LogP contribution >= 0.6 is 11.6 Å². The van der Waals surface area contributed by atoms with Crippen molar-refractivity contribution in [2.75, 3.05) is 5.32 Å². The molecule has 1 aromatic heterocycles. The minimum atomic E-state index is -0.527. The van der Waals surface area contributed by atoms with Gasteiger partial charge < -0.3 is 10.4 Å². The van der Waals surface area contributed by atoms with Gasteiger partial charge in [-0.25, -0.2) is 0 Å². The lowest BCUT2D eigenvalue weighted by atomic mass is 9.77. The Balaban J connectivity index is 2.09. The van der Waals surface area contributed by atoms with Crippen LogP contribution in [-0.2, 0) is 0 Å². The summed E-state index contributed by atoms with van der Waals surface area (Å²) in [6.45, 7) is 5.74. The number of halogens is 1. The van der Waals surface area contributed by atoms with Gasteiger partial charge in [0.05, 0.1) is 5.60 Å². The van der Waals surface area contributed by atoms with Gasteiger partial charge in [-0.2, -0.15) is 0 Å². The van der Waals surface area contributed by atoms with Gasteiger partial charge in [-0.1, -0.05) is 11.6 Å². The summed E-state index contributed by atoms with van der Waals surface area (Å²) in [6, 6.07) is 0.281. The molecule has 1 saturated carbocycles. The van der Waals surface area contributed by atoms with E-state index in [1.54, 1.807) is 0 Å². The molecule has 2 rings (SSSR count). The number of nitrogens with zero attached hydrogens (tertiary/aromatic N) is 2. The summed E-state index contributed by atoms with van der Waals surface area (Å²) in [6.07, 6.45) is 1.49. The molecule has 0 amide bonds. The molecular formula is C11H16ClN3O. The van der Waals surface area contributed by atoms with Crippen molar-refractivity contribution in [1.82, 2.24) is 10.2 Å². The highest BCUT2D eigenvalue weighted by Crippen LogP contribution is 2.34. The van der Waals surface area contributed by atoms with E-state index >= 15 is 0 Å². The monoisotopic (exact) mass is 241 g/mol. The number of rotatable bonds is 2. The zero-order valence-electron chi connectivity index (χ0n) is 9.71. The topological polar surface area (TPSA) is 58.0 Å². The van der Waals surface area contributed by atoms with Crippen LogP contribution in [0.15, 0.2) is 0 Å². The van der Waals surface area contributed by atoms with Crippen molar-refractivity contribution in [3.05, 3.63) is 16.3 Å². The van der Waals surface area contributed by atoms with Crippen molar-refractivity contribution < 1.29 is 5.11 Å². The van der Waals surface area contributed by atoms with E-state index in [1.165, 1.54) is 0 Å². The van der Waals surface area contributed by atoms with Gasteiger partial charge in [0.15, 0.2) is 11.0 Å². The minimum Gasteiger partial charge on any atom is -0.390 e.